The molecule has 10 nitrogen and oxygen atoms in total. The molecule has 262 valence electrons. The van der Waals surface area contributed by atoms with Gasteiger partial charge in [0.15, 0.2) is 0 Å². The standard InChI is InChI=1S/C34H35F4N3O7S/c1-41(2)27(33(44)45)13-18-7-9-19(10-8-18)24-16-25(28(48-3)17-26(24)35)31(42)40-30-21-12-11-20(14-21)29(30)32(43)39-22-5-4-6-23(15-22)49(46,47)34(36,37)38/h4-10,15-17,20-21,27,29-30H,11-14H2,1-3H3,(H,39,43)(H,40,42)(H,44,45). The van der Waals surface area contributed by atoms with E-state index in [1.54, 1.807) is 43.3 Å². The van der Waals surface area contributed by atoms with E-state index in [2.05, 4.69) is 10.6 Å². The van der Waals surface area contributed by atoms with E-state index >= 15 is 4.39 Å². The predicted octanol–water partition coefficient (Wildman–Crippen LogP) is 5.14. The number of alkyl halides is 3. The van der Waals surface area contributed by atoms with Crippen LogP contribution in [0.15, 0.2) is 65.6 Å². The van der Waals surface area contributed by atoms with E-state index in [9.17, 15) is 41.1 Å². The summed E-state index contributed by atoms with van der Waals surface area (Å²) in [6.07, 6.45) is 2.27. The summed E-state index contributed by atoms with van der Waals surface area (Å²) in [4.78, 5) is 39.4. The number of nitrogens with one attached hydrogen (secondary N) is 2. The topological polar surface area (TPSA) is 142 Å². The Balaban J connectivity index is 1.37. The number of carboxylic acids is 1. The molecule has 3 N–H and O–H groups in total. The summed E-state index contributed by atoms with van der Waals surface area (Å²) in [5, 5.41) is 14.9. The van der Waals surface area contributed by atoms with Gasteiger partial charge in [-0.05, 0) is 87.0 Å². The molecule has 0 aliphatic heterocycles. The normalized spacial score (nSPS) is 21.0. The van der Waals surface area contributed by atoms with Gasteiger partial charge in [0.2, 0.25) is 5.91 Å². The first kappa shape index (κ1) is 35.8. The smallest absolute Gasteiger partial charge is 0.496 e. The summed E-state index contributed by atoms with van der Waals surface area (Å²) in [6.45, 7) is 0. The van der Waals surface area contributed by atoms with Gasteiger partial charge in [0.1, 0.15) is 17.6 Å². The van der Waals surface area contributed by atoms with E-state index in [0.29, 0.717) is 24.0 Å². The zero-order valence-electron chi connectivity index (χ0n) is 26.8. The fraction of sp³-hybridized carbons (Fsp3) is 0.382. The Morgan fingerprint density at radius 2 is 1.69 bits per heavy atom. The second-order valence-corrected chi connectivity index (χ2v) is 14.5. The first-order chi connectivity index (χ1) is 23.0. The van der Waals surface area contributed by atoms with Crippen LogP contribution >= 0.6 is 0 Å². The molecule has 0 aromatic heterocycles. The van der Waals surface area contributed by atoms with E-state index < -0.39 is 61.8 Å². The van der Waals surface area contributed by atoms with Crippen molar-refractivity contribution in [3.63, 3.8) is 0 Å². The highest BCUT2D eigenvalue weighted by atomic mass is 32.2. The summed E-state index contributed by atoms with van der Waals surface area (Å²) in [5.41, 5.74) is -4.41. The van der Waals surface area contributed by atoms with Gasteiger partial charge in [-0.15, -0.1) is 0 Å². The van der Waals surface area contributed by atoms with Crippen LogP contribution in [0.4, 0.5) is 23.2 Å². The van der Waals surface area contributed by atoms with Crippen molar-refractivity contribution in [1.82, 2.24) is 10.2 Å². The maximum Gasteiger partial charge on any atom is 0.501 e. The van der Waals surface area contributed by atoms with Crippen molar-refractivity contribution in [3.8, 4) is 16.9 Å². The molecule has 3 aromatic rings. The van der Waals surface area contributed by atoms with Crippen LogP contribution in [0.5, 0.6) is 5.75 Å². The third-order valence-electron chi connectivity index (χ3n) is 9.37. The number of carbonyl (C=O) groups excluding carboxylic acids is 2. The maximum absolute atomic E-state index is 15.3. The first-order valence-electron chi connectivity index (χ1n) is 15.4. The monoisotopic (exact) mass is 705 g/mol. The van der Waals surface area contributed by atoms with Crippen LogP contribution in [-0.2, 0) is 25.8 Å². The second kappa shape index (κ2) is 13.8. The molecule has 5 atom stereocenters. The lowest BCUT2D eigenvalue weighted by Gasteiger charge is -2.31. The lowest BCUT2D eigenvalue weighted by Crippen LogP contribution is -2.48. The fourth-order valence-corrected chi connectivity index (χ4v) is 7.67. The number of amides is 2. The average molecular weight is 706 g/mol. The molecular formula is C34H35F4N3O7S. The largest absolute Gasteiger partial charge is 0.501 e. The van der Waals surface area contributed by atoms with Crippen LogP contribution in [0.3, 0.4) is 0 Å². The molecule has 2 saturated carbocycles. The number of anilines is 1. The Labute approximate surface area is 280 Å². The number of sulfone groups is 1. The van der Waals surface area contributed by atoms with Gasteiger partial charge in [-0.25, -0.2) is 12.8 Å². The number of likely N-dealkylation sites (N-methyl/N-ethyl adjacent to an activating group) is 1. The lowest BCUT2D eigenvalue weighted by atomic mass is 9.83. The van der Waals surface area contributed by atoms with Gasteiger partial charge in [-0.2, -0.15) is 13.2 Å². The number of nitrogens with zero attached hydrogens (tertiary/aromatic N) is 1. The zero-order valence-corrected chi connectivity index (χ0v) is 27.6. The van der Waals surface area contributed by atoms with Gasteiger partial charge in [-0.1, -0.05) is 30.3 Å². The quantitative estimate of drug-likeness (QED) is 0.233. The zero-order chi connectivity index (χ0) is 35.8. The molecule has 15 heteroatoms. The number of ether oxygens (including phenoxy) is 1. The van der Waals surface area contributed by atoms with E-state index in [-0.39, 0.29) is 40.8 Å². The molecule has 5 unspecified atom stereocenters. The molecule has 2 bridgehead atoms. The van der Waals surface area contributed by atoms with Crippen molar-refractivity contribution in [2.24, 2.45) is 17.8 Å². The minimum absolute atomic E-state index is 0.00788. The summed E-state index contributed by atoms with van der Waals surface area (Å²) in [6, 6.07) is 11.5. The molecule has 2 aliphatic rings. The summed E-state index contributed by atoms with van der Waals surface area (Å²) in [5.74, 6) is -3.86. The molecule has 5 rings (SSSR count). The number of carboxylic acid groups (broad SMARTS) is 1. The van der Waals surface area contributed by atoms with E-state index in [1.807, 2.05) is 0 Å². The minimum Gasteiger partial charge on any atom is -0.496 e. The number of aliphatic carboxylic acids is 1. The Kier molecular flexibility index (Phi) is 10.1. The van der Waals surface area contributed by atoms with E-state index in [1.165, 1.54) is 19.2 Å². The average Bonchev–Trinajstić information content (AvgIpc) is 3.65. The molecule has 0 spiro atoms. The minimum atomic E-state index is -5.64. The van der Waals surface area contributed by atoms with Crippen molar-refractivity contribution in [3.05, 3.63) is 77.6 Å². The number of benzene rings is 3. The molecule has 2 fully saturated rings. The number of hydrogen-bond donors (Lipinski definition) is 3. The molecule has 0 heterocycles. The summed E-state index contributed by atoms with van der Waals surface area (Å²) >= 11 is 0. The first-order valence-corrected chi connectivity index (χ1v) is 16.9. The summed E-state index contributed by atoms with van der Waals surface area (Å²) < 4.78 is 83.8. The Morgan fingerprint density at radius 3 is 2.31 bits per heavy atom. The predicted molar refractivity (Wildman–Crippen MR) is 171 cm³/mol. The highest BCUT2D eigenvalue weighted by Gasteiger charge is 2.52. The summed E-state index contributed by atoms with van der Waals surface area (Å²) in [7, 11) is -1.03. The molecule has 2 amide bonds. The van der Waals surface area contributed by atoms with Gasteiger partial charge in [0, 0.05) is 23.4 Å². The fourth-order valence-electron chi connectivity index (χ4n) is 6.86. The van der Waals surface area contributed by atoms with Crippen molar-refractivity contribution in [1.29, 1.82) is 0 Å². The Morgan fingerprint density at radius 1 is 1.02 bits per heavy atom. The number of halogens is 4. The van der Waals surface area contributed by atoms with Crippen molar-refractivity contribution < 1.29 is 50.2 Å². The molecule has 0 saturated heterocycles. The number of hydrogen-bond acceptors (Lipinski definition) is 7. The van der Waals surface area contributed by atoms with Crippen LogP contribution in [0, 0.1) is 23.6 Å². The van der Waals surface area contributed by atoms with Gasteiger partial charge < -0.3 is 20.5 Å². The van der Waals surface area contributed by atoms with Gasteiger partial charge in [0.05, 0.1) is 23.5 Å². The van der Waals surface area contributed by atoms with Crippen molar-refractivity contribution >= 4 is 33.3 Å². The van der Waals surface area contributed by atoms with Crippen LogP contribution in [0.25, 0.3) is 11.1 Å². The van der Waals surface area contributed by atoms with E-state index in [0.717, 1.165) is 30.7 Å². The Hall–Kier alpha value is -4.50. The van der Waals surface area contributed by atoms with Gasteiger partial charge >= 0.3 is 11.5 Å². The molecular weight excluding hydrogens is 670 g/mol. The molecule has 3 aromatic carbocycles. The highest BCUT2D eigenvalue weighted by Crippen LogP contribution is 2.49. The van der Waals surface area contributed by atoms with Crippen LogP contribution in [0.1, 0.15) is 35.2 Å². The number of fused-ring (bicyclic) bond motifs is 2. The lowest BCUT2D eigenvalue weighted by molar-refractivity contribution is -0.142. The maximum atomic E-state index is 15.3. The second-order valence-electron chi connectivity index (χ2n) is 12.6. The van der Waals surface area contributed by atoms with E-state index in [4.69, 9.17) is 4.74 Å². The number of rotatable bonds is 11. The third-order valence-corrected chi connectivity index (χ3v) is 10.9. The van der Waals surface area contributed by atoms with Crippen molar-refractivity contribution in [2.75, 3.05) is 26.5 Å². The molecule has 0 radical (unpaired) electrons. The molecule has 2 aliphatic carbocycles. The van der Waals surface area contributed by atoms with Crippen LogP contribution in [-0.4, -0.2) is 75.0 Å². The third kappa shape index (κ3) is 7.27. The molecule has 49 heavy (non-hydrogen) atoms. The Bertz CT molecular complexity index is 1870. The van der Waals surface area contributed by atoms with Crippen LogP contribution in [0.2, 0.25) is 0 Å². The highest BCUT2D eigenvalue weighted by molar-refractivity contribution is 7.92. The van der Waals surface area contributed by atoms with Gasteiger partial charge in [0.25, 0.3) is 15.7 Å². The number of carbonyl (C=O) groups is 3. The van der Waals surface area contributed by atoms with Crippen LogP contribution < -0.4 is 15.4 Å². The number of methoxy groups -OCH3 is 1. The van der Waals surface area contributed by atoms with Gasteiger partial charge in [-0.3, -0.25) is 19.3 Å². The van der Waals surface area contributed by atoms with Crippen molar-refractivity contribution in [2.45, 2.75) is 48.2 Å². The SMILES string of the molecule is COc1cc(F)c(-c2ccc(CC(C(=O)O)N(C)C)cc2)cc1C(=O)NC1C2CCC(C2)C1C(=O)Nc1cccc(S(=O)(=O)C(F)(F)F)c1.